The fourth-order valence-electron chi connectivity index (χ4n) is 2.63. The lowest BCUT2D eigenvalue weighted by Crippen LogP contribution is -2.30. The number of thiazole rings is 1. The second-order valence-electron chi connectivity index (χ2n) is 4.87. The lowest BCUT2D eigenvalue weighted by atomic mass is 10.2. The van der Waals surface area contributed by atoms with Crippen LogP contribution in [0.25, 0.3) is 4.96 Å². The van der Waals surface area contributed by atoms with Crippen molar-refractivity contribution < 1.29 is 4.92 Å². The Kier molecular flexibility index (Phi) is 3.84. The molecule has 6 nitrogen and oxygen atoms in total. The first-order chi connectivity index (χ1) is 9.70. The molecule has 3 rings (SSSR count). The summed E-state index contributed by atoms with van der Waals surface area (Å²) in [5.41, 5.74) is 0. The summed E-state index contributed by atoms with van der Waals surface area (Å²) < 4.78 is 1.58. The number of nitrogens with zero attached hydrogens (tertiary/aromatic N) is 4. The average Bonchev–Trinajstić information content (AvgIpc) is 2.91. The Balaban J connectivity index is 2.01. The van der Waals surface area contributed by atoms with Gasteiger partial charge in [-0.15, -0.1) is 0 Å². The minimum Gasteiger partial charge on any atom is -0.358 e. The fourth-order valence-corrected chi connectivity index (χ4v) is 4.07. The molecule has 1 aliphatic rings. The minimum atomic E-state index is -0.318. The highest BCUT2D eigenvalue weighted by Gasteiger charge is 2.30. The average molecular weight is 312 g/mol. The van der Waals surface area contributed by atoms with E-state index in [1.165, 1.54) is 24.2 Å². The van der Waals surface area contributed by atoms with Gasteiger partial charge in [-0.1, -0.05) is 17.8 Å². The zero-order valence-electron chi connectivity index (χ0n) is 11.2. The van der Waals surface area contributed by atoms with Crippen LogP contribution in [0.1, 0.15) is 19.3 Å². The lowest BCUT2D eigenvalue weighted by Gasteiger charge is -2.22. The molecule has 108 valence electrons. The number of thioether (sulfide) groups is 1. The maximum Gasteiger partial charge on any atom is 0.373 e. The van der Waals surface area contributed by atoms with E-state index in [1.54, 1.807) is 10.6 Å². The van der Waals surface area contributed by atoms with E-state index in [4.69, 9.17) is 0 Å². The minimum absolute atomic E-state index is 0.100. The zero-order valence-corrected chi connectivity index (χ0v) is 12.8. The number of rotatable bonds is 3. The molecule has 0 N–H and O–H groups in total. The van der Waals surface area contributed by atoms with E-state index < -0.39 is 0 Å². The van der Waals surface area contributed by atoms with Crippen molar-refractivity contribution in [1.29, 1.82) is 0 Å². The first-order valence-electron chi connectivity index (χ1n) is 6.58. The zero-order chi connectivity index (χ0) is 14.1. The van der Waals surface area contributed by atoms with Gasteiger partial charge < -0.3 is 15.0 Å². The second kappa shape index (κ2) is 5.61. The molecule has 8 heteroatoms. The maximum absolute atomic E-state index is 11.4. The van der Waals surface area contributed by atoms with Gasteiger partial charge in [0.05, 0.1) is 0 Å². The Morgan fingerprint density at radius 2 is 2.40 bits per heavy atom. The van der Waals surface area contributed by atoms with Gasteiger partial charge in [0, 0.05) is 23.7 Å². The van der Waals surface area contributed by atoms with Crippen LogP contribution < -0.4 is 4.90 Å². The molecule has 0 aliphatic carbocycles. The van der Waals surface area contributed by atoms with Crippen LogP contribution in [0.3, 0.4) is 0 Å². The first kappa shape index (κ1) is 13.7. The SMILES string of the molecule is CSC1CCCCN(c2nc3sccn3c2[N+](=O)[O-])C1. The summed E-state index contributed by atoms with van der Waals surface area (Å²) in [4.78, 5) is 18.3. The van der Waals surface area contributed by atoms with Crippen molar-refractivity contribution >= 4 is 39.7 Å². The van der Waals surface area contributed by atoms with Gasteiger partial charge in [-0.05, 0) is 24.0 Å². The summed E-state index contributed by atoms with van der Waals surface area (Å²) in [5.74, 6) is 0.630. The molecule has 3 heterocycles. The molecule has 0 bridgehead atoms. The summed E-state index contributed by atoms with van der Waals surface area (Å²) in [6, 6.07) is 0. The summed E-state index contributed by atoms with van der Waals surface area (Å²) >= 11 is 3.27. The Hall–Kier alpha value is -1.28. The molecule has 0 aromatic carbocycles. The first-order valence-corrected chi connectivity index (χ1v) is 8.75. The molecule has 1 atom stereocenters. The van der Waals surface area contributed by atoms with E-state index >= 15 is 0 Å². The van der Waals surface area contributed by atoms with E-state index in [9.17, 15) is 10.1 Å². The molecule has 2 aromatic heterocycles. The molecular weight excluding hydrogens is 296 g/mol. The molecule has 0 amide bonds. The van der Waals surface area contributed by atoms with E-state index in [1.807, 2.05) is 17.1 Å². The third-order valence-corrected chi connectivity index (χ3v) is 5.46. The molecule has 1 aliphatic heterocycles. The smallest absolute Gasteiger partial charge is 0.358 e. The van der Waals surface area contributed by atoms with Gasteiger partial charge in [0.1, 0.15) is 6.20 Å². The number of anilines is 1. The highest BCUT2D eigenvalue weighted by molar-refractivity contribution is 7.99. The van der Waals surface area contributed by atoms with Gasteiger partial charge in [0.2, 0.25) is 5.82 Å². The van der Waals surface area contributed by atoms with Crippen molar-refractivity contribution in [2.75, 3.05) is 24.2 Å². The molecule has 0 spiro atoms. The third-order valence-electron chi connectivity index (χ3n) is 3.65. The van der Waals surface area contributed by atoms with Gasteiger partial charge in [-0.3, -0.25) is 0 Å². The summed E-state index contributed by atoms with van der Waals surface area (Å²) in [6.07, 6.45) is 7.25. The largest absolute Gasteiger partial charge is 0.373 e. The highest BCUT2D eigenvalue weighted by atomic mass is 32.2. The Morgan fingerprint density at radius 3 is 3.15 bits per heavy atom. The van der Waals surface area contributed by atoms with Gasteiger partial charge in [0.15, 0.2) is 0 Å². The number of imidazole rings is 1. The number of fused-ring (bicyclic) bond motifs is 1. The van der Waals surface area contributed by atoms with Crippen molar-refractivity contribution in [2.24, 2.45) is 0 Å². The topological polar surface area (TPSA) is 63.7 Å². The second-order valence-corrected chi connectivity index (χ2v) is 6.88. The van der Waals surface area contributed by atoms with Crippen molar-refractivity contribution in [3.8, 4) is 0 Å². The van der Waals surface area contributed by atoms with Gasteiger partial charge >= 0.3 is 5.82 Å². The van der Waals surface area contributed by atoms with Crippen molar-refractivity contribution in [3.63, 3.8) is 0 Å². The fraction of sp³-hybridized carbons (Fsp3) is 0.583. The predicted octanol–water partition coefficient (Wildman–Crippen LogP) is 3.03. The summed E-state index contributed by atoms with van der Waals surface area (Å²) in [5, 5.41) is 13.7. The van der Waals surface area contributed by atoms with Crippen LogP contribution in [-0.4, -0.2) is 38.9 Å². The molecule has 20 heavy (non-hydrogen) atoms. The van der Waals surface area contributed by atoms with Gasteiger partial charge in [0.25, 0.3) is 4.96 Å². The van der Waals surface area contributed by atoms with E-state index in [-0.39, 0.29) is 10.7 Å². The van der Waals surface area contributed by atoms with E-state index in [0.29, 0.717) is 16.0 Å². The maximum atomic E-state index is 11.4. The van der Waals surface area contributed by atoms with Crippen molar-refractivity contribution in [1.82, 2.24) is 9.38 Å². The Labute approximate surface area is 124 Å². The van der Waals surface area contributed by atoms with Crippen LogP contribution in [0.2, 0.25) is 0 Å². The monoisotopic (exact) mass is 312 g/mol. The third kappa shape index (κ3) is 2.37. The predicted molar refractivity (Wildman–Crippen MR) is 83.1 cm³/mol. The Bertz CT molecular complexity index is 624. The molecule has 0 radical (unpaired) electrons. The van der Waals surface area contributed by atoms with Crippen LogP contribution in [0.5, 0.6) is 0 Å². The number of hydrogen-bond acceptors (Lipinski definition) is 6. The molecule has 2 aromatic rings. The molecular formula is C12H16N4O2S2. The van der Waals surface area contributed by atoms with Crippen LogP contribution in [0.4, 0.5) is 11.6 Å². The van der Waals surface area contributed by atoms with E-state index in [2.05, 4.69) is 16.1 Å². The van der Waals surface area contributed by atoms with Crippen molar-refractivity contribution in [3.05, 3.63) is 21.7 Å². The molecule has 0 saturated carbocycles. The number of nitro groups is 1. The summed E-state index contributed by atoms with van der Waals surface area (Å²) in [7, 11) is 0. The van der Waals surface area contributed by atoms with Crippen LogP contribution in [-0.2, 0) is 0 Å². The number of hydrogen-bond donors (Lipinski definition) is 0. The van der Waals surface area contributed by atoms with Crippen LogP contribution in [0, 0.1) is 10.1 Å². The summed E-state index contributed by atoms with van der Waals surface area (Å²) in [6.45, 7) is 1.69. The van der Waals surface area contributed by atoms with Gasteiger partial charge in [-0.25, -0.2) is 0 Å². The normalized spacial score (nSPS) is 20.2. The van der Waals surface area contributed by atoms with Crippen LogP contribution >= 0.6 is 23.1 Å². The number of aromatic nitrogens is 2. The molecule has 1 saturated heterocycles. The lowest BCUT2D eigenvalue weighted by molar-refractivity contribution is -0.389. The molecule has 1 unspecified atom stereocenters. The molecule has 1 fully saturated rings. The Morgan fingerprint density at radius 1 is 1.55 bits per heavy atom. The van der Waals surface area contributed by atoms with E-state index in [0.717, 1.165) is 19.5 Å². The quantitative estimate of drug-likeness (QED) is 0.644. The standard InChI is InChI=1S/C12H16N4O2S2/c1-19-9-4-2-3-5-14(8-9)10-11(16(17)18)15-6-7-20-12(15)13-10/h6-7,9H,2-5,8H2,1H3. The van der Waals surface area contributed by atoms with Crippen LogP contribution in [0.15, 0.2) is 11.6 Å². The highest BCUT2D eigenvalue weighted by Crippen LogP contribution is 2.33. The van der Waals surface area contributed by atoms with Gasteiger partial charge in [-0.2, -0.15) is 21.1 Å². The van der Waals surface area contributed by atoms with Crippen molar-refractivity contribution in [2.45, 2.75) is 24.5 Å².